The van der Waals surface area contributed by atoms with Crippen LogP contribution >= 0.6 is 0 Å². The normalized spacial score (nSPS) is 18.1. The van der Waals surface area contributed by atoms with Gasteiger partial charge in [-0.3, -0.25) is 9.78 Å². The van der Waals surface area contributed by atoms with Crippen molar-refractivity contribution >= 4 is 17.3 Å². The van der Waals surface area contributed by atoms with E-state index in [1.807, 2.05) is 29.2 Å². The summed E-state index contributed by atoms with van der Waals surface area (Å²) in [5.74, 6) is -0.158. The van der Waals surface area contributed by atoms with Gasteiger partial charge in [-0.1, -0.05) is 12.8 Å². The highest BCUT2D eigenvalue weighted by Crippen LogP contribution is 2.22. The van der Waals surface area contributed by atoms with Crippen LogP contribution in [-0.4, -0.2) is 55.1 Å². The molecule has 0 radical (unpaired) electrons. The summed E-state index contributed by atoms with van der Waals surface area (Å²) < 4.78 is 13.1. The van der Waals surface area contributed by atoms with Crippen molar-refractivity contribution in [2.24, 2.45) is 0 Å². The van der Waals surface area contributed by atoms with Crippen LogP contribution in [0.1, 0.15) is 36.2 Å². The number of hydrogen-bond acceptors (Lipinski definition) is 4. The first-order chi connectivity index (χ1) is 13.7. The second kappa shape index (κ2) is 8.59. The van der Waals surface area contributed by atoms with Crippen LogP contribution < -0.4 is 9.80 Å². The number of anilines is 2. The lowest BCUT2D eigenvalue weighted by molar-refractivity contribution is 0.0756. The number of nitrogens with zero attached hydrogens (tertiary/aromatic N) is 4. The molecular weight excluding hydrogens is 355 g/mol. The van der Waals surface area contributed by atoms with Gasteiger partial charge < -0.3 is 14.7 Å². The zero-order valence-corrected chi connectivity index (χ0v) is 16.2. The maximum atomic E-state index is 13.1. The summed E-state index contributed by atoms with van der Waals surface area (Å²) in [4.78, 5) is 23.7. The van der Waals surface area contributed by atoms with Crippen molar-refractivity contribution in [3.05, 3.63) is 54.1 Å². The summed E-state index contributed by atoms with van der Waals surface area (Å²) in [6, 6.07) is 10.6. The molecule has 0 unspecified atom stereocenters. The molecule has 1 aromatic heterocycles. The van der Waals surface area contributed by atoms with E-state index in [1.165, 1.54) is 25.0 Å². The van der Waals surface area contributed by atoms with E-state index in [4.69, 9.17) is 0 Å². The maximum Gasteiger partial charge on any atom is 0.272 e. The zero-order valence-electron chi connectivity index (χ0n) is 16.2. The summed E-state index contributed by atoms with van der Waals surface area (Å²) in [7, 11) is 0. The average Bonchev–Trinajstić information content (AvgIpc) is 3.04. The van der Waals surface area contributed by atoms with Crippen LogP contribution in [0.25, 0.3) is 0 Å². The predicted molar refractivity (Wildman–Crippen MR) is 109 cm³/mol. The minimum absolute atomic E-state index is 0.0497. The smallest absolute Gasteiger partial charge is 0.272 e. The quantitative estimate of drug-likeness (QED) is 0.814. The van der Waals surface area contributed by atoms with Gasteiger partial charge >= 0.3 is 0 Å². The van der Waals surface area contributed by atoms with Crippen LogP contribution in [0.2, 0.25) is 0 Å². The second-order valence-electron chi connectivity index (χ2n) is 7.56. The van der Waals surface area contributed by atoms with Gasteiger partial charge in [0.2, 0.25) is 0 Å². The van der Waals surface area contributed by atoms with Gasteiger partial charge in [0, 0.05) is 56.8 Å². The molecule has 1 amide bonds. The highest BCUT2D eigenvalue weighted by Gasteiger charge is 2.21. The minimum atomic E-state index is -0.208. The highest BCUT2D eigenvalue weighted by atomic mass is 19.1. The van der Waals surface area contributed by atoms with E-state index in [2.05, 4.69) is 14.8 Å². The number of rotatable bonds is 3. The van der Waals surface area contributed by atoms with Crippen molar-refractivity contribution in [2.45, 2.75) is 25.7 Å². The Bertz CT molecular complexity index is 794. The average molecular weight is 382 g/mol. The predicted octanol–water partition coefficient (Wildman–Crippen LogP) is 3.56. The zero-order chi connectivity index (χ0) is 19.3. The van der Waals surface area contributed by atoms with Gasteiger partial charge in [-0.15, -0.1) is 0 Å². The molecule has 0 spiro atoms. The van der Waals surface area contributed by atoms with E-state index in [9.17, 15) is 9.18 Å². The molecule has 1 aromatic carbocycles. The highest BCUT2D eigenvalue weighted by molar-refractivity contribution is 5.93. The Morgan fingerprint density at radius 1 is 0.786 bits per heavy atom. The number of aromatic nitrogens is 1. The van der Waals surface area contributed by atoms with Crippen molar-refractivity contribution in [1.82, 2.24) is 9.88 Å². The van der Waals surface area contributed by atoms with Crippen molar-refractivity contribution < 1.29 is 9.18 Å². The first-order valence-corrected chi connectivity index (χ1v) is 10.2. The summed E-state index contributed by atoms with van der Waals surface area (Å²) in [6.45, 7) is 5.12. The Hall–Kier alpha value is -2.63. The molecule has 5 nitrogen and oxygen atoms in total. The van der Waals surface area contributed by atoms with Gasteiger partial charge in [-0.05, 0) is 49.2 Å². The summed E-state index contributed by atoms with van der Waals surface area (Å²) in [5, 5.41) is 0. The fraction of sp³-hybridized carbons (Fsp3) is 0.455. The summed E-state index contributed by atoms with van der Waals surface area (Å²) in [5.41, 5.74) is 2.64. The van der Waals surface area contributed by atoms with Crippen molar-refractivity contribution in [1.29, 1.82) is 0 Å². The van der Waals surface area contributed by atoms with Crippen LogP contribution in [0.5, 0.6) is 0 Å². The number of hydrogen-bond donors (Lipinski definition) is 0. The Morgan fingerprint density at radius 2 is 1.39 bits per heavy atom. The fourth-order valence-corrected chi connectivity index (χ4v) is 4.04. The molecule has 0 saturated carbocycles. The number of carbonyl (C=O) groups is 1. The Labute approximate surface area is 165 Å². The monoisotopic (exact) mass is 382 g/mol. The van der Waals surface area contributed by atoms with E-state index in [-0.39, 0.29) is 11.7 Å². The molecule has 2 saturated heterocycles. The molecule has 2 aromatic rings. The van der Waals surface area contributed by atoms with Gasteiger partial charge in [0.25, 0.3) is 5.91 Å². The molecular formula is C22H27FN4O. The lowest BCUT2D eigenvalue weighted by Gasteiger charge is -2.37. The molecule has 2 aliphatic heterocycles. The van der Waals surface area contributed by atoms with Crippen LogP contribution in [0.3, 0.4) is 0 Å². The van der Waals surface area contributed by atoms with Crippen LogP contribution in [0.4, 0.5) is 15.8 Å². The topological polar surface area (TPSA) is 39.7 Å². The van der Waals surface area contributed by atoms with Gasteiger partial charge in [0.15, 0.2) is 0 Å². The summed E-state index contributed by atoms with van der Waals surface area (Å²) in [6.07, 6.45) is 6.31. The number of piperazine rings is 1. The number of carbonyl (C=O) groups excluding carboxylic acids is 1. The molecule has 2 fully saturated rings. The molecule has 28 heavy (non-hydrogen) atoms. The van der Waals surface area contributed by atoms with Gasteiger partial charge in [0.1, 0.15) is 11.5 Å². The molecule has 148 valence electrons. The number of halogens is 1. The number of amides is 1. The molecule has 2 aliphatic rings. The molecule has 0 aliphatic carbocycles. The third-order valence-electron chi connectivity index (χ3n) is 5.69. The maximum absolute atomic E-state index is 13.1. The van der Waals surface area contributed by atoms with Gasteiger partial charge in [0.05, 0.1) is 0 Å². The van der Waals surface area contributed by atoms with E-state index in [1.54, 1.807) is 6.20 Å². The fourth-order valence-electron chi connectivity index (χ4n) is 4.04. The Balaban J connectivity index is 1.40. The molecule has 3 heterocycles. The van der Waals surface area contributed by atoms with E-state index >= 15 is 0 Å². The summed E-state index contributed by atoms with van der Waals surface area (Å²) >= 11 is 0. The van der Waals surface area contributed by atoms with Gasteiger partial charge in [-0.2, -0.15) is 0 Å². The largest absolute Gasteiger partial charge is 0.368 e. The molecule has 0 bridgehead atoms. The Morgan fingerprint density at radius 3 is 2.04 bits per heavy atom. The lowest BCUT2D eigenvalue weighted by atomic mass is 10.2. The number of benzene rings is 1. The number of pyridine rings is 1. The SMILES string of the molecule is O=C(c1cc(N2CCN(c3ccc(F)cc3)CC2)ccn1)N1CCCCCC1. The molecule has 0 atom stereocenters. The van der Waals surface area contributed by atoms with Crippen LogP contribution in [0, 0.1) is 5.82 Å². The Kier molecular flexibility index (Phi) is 5.74. The first kappa shape index (κ1) is 18.7. The second-order valence-corrected chi connectivity index (χ2v) is 7.56. The molecule has 6 heteroatoms. The van der Waals surface area contributed by atoms with E-state index < -0.39 is 0 Å². The molecule has 0 N–H and O–H groups in total. The van der Waals surface area contributed by atoms with Crippen molar-refractivity contribution in [2.75, 3.05) is 49.1 Å². The van der Waals surface area contributed by atoms with Crippen LogP contribution in [0.15, 0.2) is 42.6 Å². The lowest BCUT2D eigenvalue weighted by Crippen LogP contribution is -2.46. The van der Waals surface area contributed by atoms with Gasteiger partial charge in [-0.25, -0.2) is 4.39 Å². The van der Waals surface area contributed by atoms with Crippen molar-refractivity contribution in [3.8, 4) is 0 Å². The van der Waals surface area contributed by atoms with E-state index in [0.29, 0.717) is 5.69 Å². The minimum Gasteiger partial charge on any atom is -0.368 e. The van der Waals surface area contributed by atoms with Crippen LogP contribution in [-0.2, 0) is 0 Å². The molecule has 4 rings (SSSR count). The third-order valence-corrected chi connectivity index (χ3v) is 5.69. The van der Waals surface area contributed by atoms with E-state index in [0.717, 1.165) is 63.5 Å². The standard InChI is InChI=1S/C22H27FN4O/c23-18-5-7-19(8-6-18)25-13-15-26(16-14-25)20-9-10-24-21(17-20)22(28)27-11-3-1-2-4-12-27/h5-10,17H,1-4,11-16H2. The number of likely N-dealkylation sites (tertiary alicyclic amines) is 1. The first-order valence-electron chi connectivity index (χ1n) is 10.2. The third kappa shape index (κ3) is 4.26. The van der Waals surface area contributed by atoms with Crippen molar-refractivity contribution in [3.63, 3.8) is 0 Å².